The highest BCUT2D eigenvalue weighted by molar-refractivity contribution is 7.25. The van der Waals surface area contributed by atoms with E-state index in [9.17, 15) is 10.5 Å². The molecule has 41 heavy (non-hydrogen) atoms. The molecule has 0 aliphatic rings. The number of aromatic nitrogens is 2. The van der Waals surface area contributed by atoms with E-state index >= 15 is 0 Å². The Morgan fingerprint density at radius 3 is 1.24 bits per heavy atom. The van der Waals surface area contributed by atoms with Crippen molar-refractivity contribution in [3.05, 3.63) is 133 Å². The fourth-order valence-electron chi connectivity index (χ4n) is 5.24. The van der Waals surface area contributed by atoms with Crippen LogP contribution in [0.1, 0.15) is 11.4 Å². The molecule has 190 valence electrons. The standard InChI is InChI=1S/C36H20N4S/c37-21-31-17-29(11-13-39-31)25-5-1-3-23(15-25)27-7-9-33-34-10-8-28(20-36(34)41-35(33)19-27)24-4-2-6-26(16-24)30-12-14-40-32(18-30)22-38/h1-20H. The van der Waals surface area contributed by atoms with Crippen molar-refractivity contribution >= 4 is 31.5 Å². The van der Waals surface area contributed by atoms with Gasteiger partial charge in [-0.15, -0.1) is 11.3 Å². The monoisotopic (exact) mass is 540 g/mol. The van der Waals surface area contributed by atoms with Gasteiger partial charge >= 0.3 is 0 Å². The molecule has 7 rings (SSSR count). The molecule has 4 nitrogen and oxygen atoms in total. The van der Waals surface area contributed by atoms with Crippen LogP contribution in [-0.4, -0.2) is 9.97 Å². The maximum Gasteiger partial charge on any atom is 0.141 e. The molecule has 0 atom stereocenters. The summed E-state index contributed by atoms with van der Waals surface area (Å²) >= 11 is 1.80. The molecule has 0 fully saturated rings. The first-order chi connectivity index (χ1) is 20.2. The van der Waals surface area contributed by atoms with Gasteiger partial charge in [0.2, 0.25) is 0 Å². The van der Waals surface area contributed by atoms with Crippen LogP contribution in [-0.2, 0) is 0 Å². The Hall–Kier alpha value is -5.62. The predicted molar refractivity (Wildman–Crippen MR) is 166 cm³/mol. The van der Waals surface area contributed by atoms with Crippen molar-refractivity contribution < 1.29 is 0 Å². The van der Waals surface area contributed by atoms with Gasteiger partial charge in [-0.1, -0.05) is 60.7 Å². The molecule has 0 bridgehead atoms. The summed E-state index contributed by atoms with van der Waals surface area (Å²) in [5, 5.41) is 21.0. The summed E-state index contributed by atoms with van der Waals surface area (Å²) in [6.07, 6.45) is 3.36. The summed E-state index contributed by atoms with van der Waals surface area (Å²) in [5.74, 6) is 0. The Labute approximate surface area is 241 Å². The summed E-state index contributed by atoms with van der Waals surface area (Å²) in [6, 6.07) is 41.9. The van der Waals surface area contributed by atoms with Crippen molar-refractivity contribution in [1.82, 2.24) is 9.97 Å². The van der Waals surface area contributed by atoms with Crippen molar-refractivity contribution in [3.8, 4) is 56.6 Å². The van der Waals surface area contributed by atoms with Crippen LogP contribution in [0.2, 0.25) is 0 Å². The van der Waals surface area contributed by atoms with E-state index in [1.807, 2.05) is 24.3 Å². The minimum Gasteiger partial charge on any atom is -0.246 e. The molecular formula is C36H20N4S. The molecule has 0 amide bonds. The second-order valence-corrected chi connectivity index (χ2v) is 10.9. The number of nitriles is 2. The number of hydrogen-bond acceptors (Lipinski definition) is 5. The lowest BCUT2D eigenvalue weighted by Crippen LogP contribution is -1.85. The summed E-state index contributed by atoms with van der Waals surface area (Å²) in [7, 11) is 0. The van der Waals surface area contributed by atoms with Gasteiger partial charge in [-0.3, -0.25) is 0 Å². The summed E-state index contributed by atoms with van der Waals surface area (Å²) in [5.41, 5.74) is 9.47. The number of rotatable bonds is 4. The molecule has 0 spiro atoms. The third-order valence-electron chi connectivity index (χ3n) is 7.28. The van der Waals surface area contributed by atoms with Gasteiger partial charge in [0.1, 0.15) is 23.5 Å². The van der Waals surface area contributed by atoms with Gasteiger partial charge < -0.3 is 0 Å². The minimum atomic E-state index is 0.413. The topological polar surface area (TPSA) is 73.4 Å². The third-order valence-corrected chi connectivity index (χ3v) is 8.40. The van der Waals surface area contributed by atoms with Gasteiger partial charge in [0.25, 0.3) is 0 Å². The number of nitrogens with zero attached hydrogens (tertiary/aromatic N) is 4. The fourth-order valence-corrected chi connectivity index (χ4v) is 6.42. The van der Waals surface area contributed by atoms with E-state index in [1.54, 1.807) is 23.7 Å². The van der Waals surface area contributed by atoms with Crippen molar-refractivity contribution in [3.63, 3.8) is 0 Å². The molecule has 5 heteroatoms. The predicted octanol–water partition coefficient (Wildman–Crippen LogP) is 9.26. The van der Waals surface area contributed by atoms with Crippen molar-refractivity contribution in [1.29, 1.82) is 10.5 Å². The van der Waals surface area contributed by atoms with Gasteiger partial charge in [0.15, 0.2) is 0 Å². The van der Waals surface area contributed by atoms with Crippen molar-refractivity contribution in [2.24, 2.45) is 0 Å². The molecule has 3 aromatic heterocycles. The smallest absolute Gasteiger partial charge is 0.141 e. The Balaban J connectivity index is 1.25. The number of thiophene rings is 1. The highest BCUT2D eigenvalue weighted by atomic mass is 32.1. The fraction of sp³-hybridized carbons (Fsp3) is 0. The SMILES string of the molecule is N#Cc1cc(-c2cccc(-c3ccc4c(c3)sc3cc(-c5cccc(-c6ccnc(C#N)c6)c5)ccc34)c2)ccn1. The number of fused-ring (bicyclic) bond motifs is 3. The second kappa shape index (κ2) is 10.2. The zero-order valence-electron chi connectivity index (χ0n) is 21.7. The Bertz CT molecular complexity index is 2040. The second-order valence-electron chi connectivity index (χ2n) is 9.77. The molecule has 0 saturated heterocycles. The maximum atomic E-state index is 9.24. The van der Waals surface area contributed by atoms with E-state index in [0.29, 0.717) is 11.4 Å². The minimum absolute atomic E-state index is 0.413. The molecule has 0 aliphatic heterocycles. The summed E-state index contributed by atoms with van der Waals surface area (Å²) in [6.45, 7) is 0. The van der Waals surface area contributed by atoms with Crippen LogP contribution < -0.4 is 0 Å². The molecule has 0 radical (unpaired) electrons. The molecule has 4 aromatic carbocycles. The zero-order valence-corrected chi connectivity index (χ0v) is 22.6. The van der Waals surface area contributed by atoms with Gasteiger partial charge in [-0.05, 0) is 93.0 Å². The van der Waals surface area contributed by atoms with Gasteiger partial charge in [-0.25, -0.2) is 9.97 Å². The van der Waals surface area contributed by atoms with E-state index in [2.05, 4.69) is 107 Å². The molecule has 0 unspecified atom stereocenters. The summed E-state index contributed by atoms with van der Waals surface area (Å²) in [4.78, 5) is 8.19. The van der Waals surface area contributed by atoms with Crippen LogP contribution in [0, 0.1) is 22.7 Å². The Morgan fingerprint density at radius 1 is 0.439 bits per heavy atom. The quantitative estimate of drug-likeness (QED) is 0.223. The molecular weight excluding hydrogens is 520 g/mol. The lowest BCUT2D eigenvalue weighted by molar-refractivity contribution is 1.26. The normalized spacial score (nSPS) is 10.9. The Morgan fingerprint density at radius 2 is 0.829 bits per heavy atom. The first kappa shape index (κ1) is 24.4. The van der Waals surface area contributed by atoms with Gasteiger partial charge in [-0.2, -0.15) is 10.5 Å². The van der Waals surface area contributed by atoms with Crippen molar-refractivity contribution in [2.75, 3.05) is 0 Å². The maximum absolute atomic E-state index is 9.24. The van der Waals surface area contributed by atoms with Crippen LogP contribution >= 0.6 is 11.3 Å². The molecule has 0 N–H and O–H groups in total. The van der Waals surface area contributed by atoms with E-state index < -0.39 is 0 Å². The van der Waals surface area contributed by atoms with Crippen LogP contribution in [0.3, 0.4) is 0 Å². The van der Waals surface area contributed by atoms with Crippen LogP contribution in [0.4, 0.5) is 0 Å². The van der Waals surface area contributed by atoms with E-state index in [0.717, 1.165) is 44.5 Å². The molecule has 3 heterocycles. The number of pyridine rings is 2. The first-order valence-electron chi connectivity index (χ1n) is 13.1. The van der Waals surface area contributed by atoms with E-state index in [1.165, 1.54) is 20.2 Å². The average Bonchev–Trinajstić information content (AvgIpc) is 3.42. The molecule has 7 aromatic rings. The molecule has 0 saturated carbocycles. The van der Waals surface area contributed by atoms with Crippen LogP contribution in [0.25, 0.3) is 64.7 Å². The van der Waals surface area contributed by atoms with Gasteiger partial charge in [0.05, 0.1) is 0 Å². The third kappa shape index (κ3) is 4.61. The Kier molecular flexibility index (Phi) is 6.06. The average molecular weight is 541 g/mol. The lowest BCUT2D eigenvalue weighted by atomic mass is 9.97. The number of benzene rings is 4. The number of hydrogen-bond donors (Lipinski definition) is 0. The highest BCUT2D eigenvalue weighted by Crippen LogP contribution is 2.39. The first-order valence-corrected chi connectivity index (χ1v) is 13.9. The van der Waals surface area contributed by atoms with Crippen molar-refractivity contribution in [2.45, 2.75) is 0 Å². The lowest BCUT2D eigenvalue weighted by Gasteiger charge is -2.07. The van der Waals surface area contributed by atoms with Crippen LogP contribution in [0.5, 0.6) is 0 Å². The van der Waals surface area contributed by atoms with E-state index in [-0.39, 0.29) is 0 Å². The summed E-state index contributed by atoms with van der Waals surface area (Å²) < 4.78 is 2.48. The molecule has 0 aliphatic carbocycles. The van der Waals surface area contributed by atoms with Crippen LogP contribution in [0.15, 0.2) is 122 Å². The highest BCUT2D eigenvalue weighted by Gasteiger charge is 2.10. The largest absolute Gasteiger partial charge is 0.246 e. The zero-order chi connectivity index (χ0) is 27.8. The van der Waals surface area contributed by atoms with E-state index in [4.69, 9.17) is 0 Å². The van der Waals surface area contributed by atoms with Gasteiger partial charge in [0, 0.05) is 32.6 Å².